The molecule has 0 radical (unpaired) electrons. The Labute approximate surface area is 84.0 Å². The Morgan fingerprint density at radius 3 is 2.21 bits per heavy atom. The summed E-state index contributed by atoms with van der Waals surface area (Å²) in [5.41, 5.74) is 5.13. The number of aliphatic carboxylic acids is 1. The average Bonchev–Trinajstić information content (AvgIpc) is 2.05. The van der Waals surface area contributed by atoms with Crippen LogP contribution in [0.2, 0.25) is 0 Å². The van der Waals surface area contributed by atoms with Crippen molar-refractivity contribution < 1.29 is 14.7 Å². The van der Waals surface area contributed by atoms with E-state index in [1.807, 2.05) is 6.92 Å². The van der Waals surface area contributed by atoms with Gasteiger partial charge in [-0.2, -0.15) is 0 Å². The molecule has 4 N–H and O–H groups in total. The van der Waals surface area contributed by atoms with Crippen LogP contribution in [0, 0.1) is 0 Å². The highest BCUT2D eigenvalue weighted by atomic mass is 16.4. The van der Waals surface area contributed by atoms with E-state index < -0.39 is 12.0 Å². The van der Waals surface area contributed by atoms with E-state index in [2.05, 4.69) is 11.9 Å². The van der Waals surface area contributed by atoms with Crippen LogP contribution in [0.25, 0.3) is 0 Å². The summed E-state index contributed by atoms with van der Waals surface area (Å²) in [6.45, 7) is 6.61. The lowest BCUT2D eigenvalue weighted by atomic mass is 10.2. The number of carboxylic acids is 1. The van der Waals surface area contributed by atoms with E-state index in [1.165, 1.54) is 13.1 Å². The lowest BCUT2D eigenvalue weighted by Gasteiger charge is -2.00. The summed E-state index contributed by atoms with van der Waals surface area (Å²) in [4.78, 5) is 19.8. The molecule has 82 valence electrons. The largest absolute Gasteiger partial charge is 0.480 e. The van der Waals surface area contributed by atoms with E-state index in [0.29, 0.717) is 6.42 Å². The van der Waals surface area contributed by atoms with E-state index in [9.17, 15) is 9.59 Å². The number of nitrogens with one attached hydrogen (secondary N) is 1. The minimum absolute atomic E-state index is 0.0787. The molecule has 0 unspecified atom stereocenters. The molecular formula is C9H18N2O3. The molecule has 5 heteroatoms. The summed E-state index contributed by atoms with van der Waals surface area (Å²) in [5, 5.41) is 10.5. The molecule has 5 nitrogen and oxygen atoms in total. The van der Waals surface area contributed by atoms with Crippen LogP contribution in [0.3, 0.4) is 0 Å². The van der Waals surface area contributed by atoms with Gasteiger partial charge in [-0.05, 0) is 12.6 Å². The monoisotopic (exact) mass is 202 g/mol. The molecule has 14 heavy (non-hydrogen) atoms. The Hall–Kier alpha value is -1.36. The van der Waals surface area contributed by atoms with E-state index in [0.717, 1.165) is 6.42 Å². The predicted octanol–water partition coefficient (Wildman–Crippen LogP) is 0.464. The molecular weight excluding hydrogens is 184 g/mol. The van der Waals surface area contributed by atoms with Gasteiger partial charge in [0.1, 0.15) is 6.04 Å². The first-order valence-corrected chi connectivity index (χ1v) is 4.32. The number of hydrogen-bond donors (Lipinski definition) is 3. The van der Waals surface area contributed by atoms with Crippen LogP contribution in [0.15, 0.2) is 12.8 Å². The molecule has 0 aromatic carbocycles. The van der Waals surface area contributed by atoms with Crippen LogP contribution in [-0.4, -0.2) is 23.0 Å². The SMILES string of the molecule is C=CNC(C)=O.CCC[C@H](N)C(=O)O. The van der Waals surface area contributed by atoms with Gasteiger partial charge in [0, 0.05) is 6.92 Å². The fourth-order valence-electron chi connectivity index (χ4n) is 0.578. The van der Waals surface area contributed by atoms with Gasteiger partial charge in [-0.3, -0.25) is 9.59 Å². The minimum Gasteiger partial charge on any atom is -0.480 e. The summed E-state index contributed by atoms with van der Waals surface area (Å²) in [7, 11) is 0. The summed E-state index contributed by atoms with van der Waals surface area (Å²) in [6, 6.07) is -0.667. The third-order valence-electron chi connectivity index (χ3n) is 1.22. The van der Waals surface area contributed by atoms with Crippen LogP contribution in [-0.2, 0) is 9.59 Å². The maximum atomic E-state index is 9.96. The van der Waals surface area contributed by atoms with Crippen molar-refractivity contribution >= 4 is 11.9 Å². The molecule has 0 saturated heterocycles. The molecule has 0 aliphatic carbocycles. The number of carbonyl (C=O) groups excluding carboxylic acids is 1. The number of carboxylic acid groups (broad SMARTS) is 1. The zero-order chi connectivity index (χ0) is 11.6. The molecule has 0 aliphatic heterocycles. The average molecular weight is 202 g/mol. The number of carbonyl (C=O) groups is 2. The third-order valence-corrected chi connectivity index (χ3v) is 1.22. The van der Waals surface area contributed by atoms with Crippen LogP contribution in [0.4, 0.5) is 0 Å². The highest BCUT2D eigenvalue weighted by molar-refractivity contribution is 5.73. The zero-order valence-corrected chi connectivity index (χ0v) is 8.62. The van der Waals surface area contributed by atoms with Crippen LogP contribution in [0.5, 0.6) is 0 Å². The molecule has 0 bridgehead atoms. The summed E-state index contributed by atoms with van der Waals surface area (Å²) >= 11 is 0. The fourth-order valence-corrected chi connectivity index (χ4v) is 0.578. The van der Waals surface area contributed by atoms with Crippen molar-refractivity contribution in [2.75, 3.05) is 0 Å². The van der Waals surface area contributed by atoms with Crippen LogP contribution < -0.4 is 11.1 Å². The van der Waals surface area contributed by atoms with Crippen LogP contribution in [0.1, 0.15) is 26.7 Å². The van der Waals surface area contributed by atoms with Gasteiger partial charge < -0.3 is 16.2 Å². The maximum Gasteiger partial charge on any atom is 0.320 e. The molecule has 0 fully saturated rings. The molecule has 1 atom stereocenters. The van der Waals surface area contributed by atoms with Gasteiger partial charge >= 0.3 is 5.97 Å². The van der Waals surface area contributed by atoms with E-state index in [-0.39, 0.29) is 5.91 Å². The van der Waals surface area contributed by atoms with Crippen molar-refractivity contribution in [3.8, 4) is 0 Å². The van der Waals surface area contributed by atoms with Crippen molar-refractivity contribution in [3.05, 3.63) is 12.8 Å². The topological polar surface area (TPSA) is 92.4 Å². The van der Waals surface area contributed by atoms with Gasteiger partial charge in [0.25, 0.3) is 0 Å². The smallest absolute Gasteiger partial charge is 0.320 e. The quantitative estimate of drug-likeness (QED) is 0.617. The predicted molar refractivity (Wildman–Crippen MR) is 54.5 cm³/mol. The Morgan fingerprint density at radius 2 is 2.14 bits per heavy atom. The Kier molecular flexibility index (Phi) is 10.5. The highest BCUT2D eigenvalue weighted by Crippen LogP contribution is 1.91. The van der Waals surface area contributed by atoms with Crippen molar-refractivity contribution in [3.63, 3.8) is 0 Å². The summed E-state index contributed by atoms with van der Waals surface area (Å²) in [6.07, 6.45) is 2.74. The normalized spacial score (nSPS) is 10.5. The van der Waals surface area contributed by atoms with E-state index in [4.69, 9.17) is 10.8 Å². The number of nitrogens with two attached hydrogens (primary N) is 1. The van der Waals surface area contributed by atoms with Gasteiger partial charge in [0.2, 0.25) is 5.91 Å². The highest BCUT2D eigenvalue weighted by Gasteiger charge is 2.07. The van der Waals surface area contributed by atoms with E-state index in [1.54, 1.807) is 0 Å². The lowest BCUT2D eigenvalue weighted by molar-refractivity contribution is -0.138. The molecule has 0 aromatic rings. The van der Waals surface area contributed by atoms with Crippen molar-refractivity contribution in [2.24, 2.45) is 5.73 Å². The number of amides is 1. The summed E-state index contributed by atoms with van der Waals surface area (Å²) in [5.74, 6) is -0.989. The molecule has 0 heterocycles. The molecule has 0 rings (SSSR count). The van der Waals surface area contributed by atoms with Crippen molar-refractivity contribution in [1.29, 1.82) is 0 Å². The maximum absolute atomic E-state index is 9.96. The Balaban J connectivity index is 0. The third kappa shape index (κ3) is 13.2. The Morgan fingerprint density at radius 1 is 1.64 bits per heavy atom. The molecule has 0 aromatic heterocycles. The van der Waals surface area contributed by atoms with Gasteiger partial charge in [0.05, 0.1) is 0 Å². The van der Waals surface area contributed by atoms with Gasteiger partial charge in [-0.1, -0.05) is 19.9 Å². The second kappa shape index (κ2) is 9.73. The Bertz CT molecular complexity index is 192. The lowest BCUT2D eigenvalue weighted by Crippen LogP contribution is -2.29. The second-order valence-corrected chi connectivity index (χ2v) is 2.64. The molecule has 0 aliphatic rings. The zero-order valence-electron chi connectivity index (χ0n) is 8.62. The van der Waals surface area contributed by atoms with Gasteiger partial charge in [0.15, 0.2) is 0 Å². The first-order chi connectivity index (χ1) is 6.45. The molecule has 0 saturated carbocycles. The fraction of sp³-hybridized carbons (Fsp3) is 0.556. The molecule has 1 amide bonds. The number of rotatable bonds is 4. The standard InChI is InChI=1S/C5H11NO2.C4H7NO/c1-2-3-4(6)5(7)8;1-3-5-4(2)6/h4H,2-3,6H2,1H3,(H,7,8);3H,1H2,2H3,(H,5,6)/t4-;/m0./s1. The van der Waals surface area contributed by atoms with Crippen molar-refractivity contribution in [1.82, 2.24) is 5.32 Å². The summed E-state index contributed by atoms with van der Waals surface area (Å²) < 4.78 is 0. The van der Waals surface area contributed by atoms with Crippen LogP contribution >= 0.6 is 0 Å². The van der Waals surface area contributed by atoms with E-state index >= 15 is 0 Å². The molecule has 0 spiro atoms. The van der Waals surface area contributed by atoms with Gasteiger partial charge in [-0.15, -0.1) is 0 Å². The second-order valence-electron chi connectivity index (χ2n) is 2.64. The number of hydrogen-bond acceptors (Lipinski definition) is 3. The van der Waals surface area contributed by atoms with Crippen molar-refractivity contribution in [2.45, 2.75) is 32.7 Å². The minimum atomic E-state index is -0.910. The first-order valence-electron chi connectivity index (χ1n) is 4.32. The first kappa shape index (κ1) is 15.1. The van der Waals surface area contributed by atoms with Gasteiger partial charge in [-0.25, -0.2) is 0 Å².